The van der Waals surface area contributed by atoms with Crippen LogP contribution in [-0.2, 0) is 7.05 Å². The Labute approximate surface area is 94.4 Å². The Kier molecular flexibility index (Phi) is 3.09. The Morgan fingerprint density at radius 2 is 2.40 bits per heavy atom. The number of aromatic nitrogens is 4. The summed E-state index contributed by atoms with van der Waals surface area (Å²) in [5.74, 6) is 0.856. The summed E-state index contributed by atoms with van der Waals surface area (Å²) in [4.78, 5) is 2.26. The molecule has 0 aliphatic carbocycles. The lowest BCUT2D eigenvalue weighted by Gasteiger charge is -2.25. The second kappa shape index (κ2) is 4.35. The molecule has 1 aliphatic heterocycles. The van der Waals surface area contributed by atoms with Crippen LogP contribution in [0.3, 0.4) is 0 Å². The normalized spacial score (nSPS) is 23.4. The van der Waals surface area contributed by atoms with Gasteiger partial charge in [-0.1, -0.05) is 5.10 Å². The molecule has 1 aromatic heterocycles. The van der Waals surface area contributed by atoms with Crippen LogP contribution >= 0.6 is 11.6 Å². The van der Waals surface area contributed by atoms with E-state index in [0.717, 1.165) is 18.9 Å². The average molecular weight is 230 g/mol. The molecule has 2 atom stereocenters. The van der Waals surface area contributed by atoms with Crippen molar-refractivity contribution in [2.24, 2.45) is 7.05 Å². The van der Waals surface area contributed by atoms with Crippen molar-refractivity contribution in [3.8, 4) is 0 Å². The molecule has 0 amide bonds. The second-order valence-corrected chi connectivity index (χ2v) is 4.85. The van der Waals surface area contributed by atoms with Gasteiger partial charge in [-0.3, -0.25) is 0 Å². The number of nitrogens with zero attached hydrogens (tertiary/aromatic N) is 5. The van der Waals surface area contributed by atoms with E-state index in [0.29, 0.717) is 6.04 Å². The SMILES string of the molecule is CC(Cl)CC1CCCN1c1nnnn1C. The zero-order chi connectivity index (χ0) is 10.8. The van der Waals surface area contributed by atoms with Gasteiger partial charge in [-0.2, -0.15) is 0 Å². The molecule has 1 aliphatic rings. The van der Waals surface area contributed by atoms with Gasteiger partial charge in [0.1, 0.15) is 0 Å². The Hall–Kier alpha value is -0.840. The lowest BCUT2D eigenvalue weighted by molar-refractivity contribution is 0.584. The molecule has 0 bridgehead atoms. The molecule has 0 radical (unpaired) electrons. The molecule has 2 unspecified atom stereocenters. The third kappa shape index (κ3) is 2.22. The molecule has 2 heterocycles. The molecular weight excluding hydrogens is 214 g/mol. The third-order valence-electron chi connectivity index (χ3n) is 2.83. The maximum atomic E-state index is 6.04. The highest BCUT2D eigenvalue weighted by Gasteiger charge is 2.28. The van der Waals surface area contributed by atoms with Crippen molar-refractivity contribution >= 4 is 17.5 Å². The van der Waals surface area contributed by atoms with Crippen molar-refractivity contribution < 1.29 is 0 Å². The summed E-state index contributed by atoms with van der Waals surface area (Å²) in [6, 6.07) is 0.488. The summed E-state index contributed by atoms with van der Waals surface area (Å²) < 4.78 is 1.72. The van der Waals surface area contributed by atoms with Crippen LogP contribution in [0.5, 0.6) is 0 Å². The van der Waals surface area contributed by atoms with Gasteiger partial charge in [0.05, 0.1) is 0 Å². The standard InChI is InChI=1S/C9H16ClN5/c1-7(10)6-8-4-3-5-15(8)9-11-12-13-14(9)2/h7-8H,3-6H2,1-2H3. The summed E-state index contributed by atoms with van der Waals surface area (Å²) in [5.41, 5.74) is 0. The lowest BCUT2D eigenvalue weighted by atomic mass is 10.1. The van der Waals surface area contributed by atoms with E-state index in [1.165, 1.54) is 12.8 Å². The Morgan fingerprint density at radius 1 is 1.60 bits per heavy atom. The van der Waals surface area contributed by atoms with Gasteiger partial charge in [-0.05, 0) is 36.6 Å². The number of hydrogen-bond donors (Lipinski definition) is 0. The second-order valence-electron chi connectivity index (χ2n) is 4.11. The van der Waals surface area contributed by atoms with Gasteiger partial charge in [0.25, 0.3) is 0 Å². The van der Waals surface area contributed by atoms with E-state index in [-0.39, 0.29) is 5.38 Å². The van der Waals surface area contributed by atoms with Crippen molar-refractivity contribution in [1.82, 2.24) is 20.2 Å². The van der Waals surface area contributed by atoms with E-state index in [9.17, 15) is 0 Å². The number of aryl methyl sites for hydroxylation is 1. The highest BCUT2D eigenvalue weighted by Crippen LogP contribution is 2.26. The molecule has 1 saturated heterocycles. The van der Waals surface area contributed by atoms with Crippen molar-refractivity contribution in [2.75, 3.05) is 11.4 Å². The monoisotopic (exact) mass is 229 g/mol. The Bertz CT molecular complexity index is 324. The molecule has 5 nitrogen and oxygen atoms in total. The number of hydrogen-bond acceptors (Lipinski definition) is 4. The summed E-state index contributed by atoms with van der Waals surface area (Å²) in [6.07, 6.45) is 3.37. The zero-order valence-electron chi connectivity index (χ0n) is 9.10. The first-order valence-electron chi connectivity index (χ1n) is 5.31. The fourth-order valence-electron chi connectivity index (χ4n) is 2.19. The molecule has 0 aromatic carbocycles. The van der Waals surface area contributed by atoms with Gasteiger partial charge < -0.3 is 4.90 Å². The highest BCUT2D eigenvalue weighted by molar-refractivity contribution is 6.20. The third-order valence-corrected chi connectivity index (χ3v) is 3.01. The minimum Gasteiger partial charge on any atom is -0.337 e. The van der Waals surface area contributed by atoms with Crippen LogP contribution in [0.25, 0.3) is 0 Å². The quantitative estimate of drug-likeness (QED) is 0.731. The maximum Gasteiger partial charge on any atom is 0.245 e. The number of alkyl halides is 1. The van der Waals surface area contributed by atoms with Gasteiger partial charge in [0.2, 0.25) is 5.95 Å². The molecule has 0 saturated carbocycles. The molecular formula is C9H16ClN5. The van der Waals surface area contributed by atoms with Crippen LogP contribution in [-0.4, -0.2) is 38.2 Å². The molecule has 1 fully saturated rings. The highest BCUT2D eigenvalue weighted by atomic mass is 35.5. The van der Waals surface area contributed by atoms with E-state index in [1.54, 1.807) is 4.68 Å². The van der Waals surface area contributed by atoms with Crippen LogP contribution in [0.4, 0.5) is 5.95 Å². The smallest absolute Gasteiger partial charge is 0.245 e. The van der Waals surface area contributed by atoms with Crippen LogP contribution in [0.15, 0.2) is 0 Å². The van der Waals surface area contributed by atoms with Gasteiger partial charge in [0, 0.05) is 25.0 Å². The average Bonchev–Trinajstić information content (AvgIpc) is 2.73. The predicted molar refractivity (Wildman–Crippen MR) is 59.1 cm³/mol. The van der Waals surface area contributed by atoms with Crippen molar-refractivity contribution in [3.05, 3.63) is 0 Å². The first-order chi connectivity index (χ1) is 7.18. The largest absolute Gasteiger partial charge is 0.337 e. The van der Waals surface area contributed by atoms with E-state index < -0.39 is 0 Å². The summed E-state index contributed by atoms with van der Waals surface area (Å²) in [5, 5.41) is 11.8. The van der Waals surface area contributed by atoms with Gasteiger partial charge in [-0.15, -0.1) is 11.6 Å². The minimum absolute atomic E-state index is 0.205. The van der Waals surface area contributed by atoms with Gasteiger partial charge in [-0.25, -0.2) is 4.68 Å². The number of rotatable bonds is 3. The fourth-order valence-corrected chi connectivity index (χ4v) is 2.39. The van der Waals surface area contributed by atoms with Crippen LogP contribution in [0.2, 0.25) is 0 Å². The van der Waals surface area contributed by atoms with Crippen LogP contribution < -0.4 is 4.90 Å². The molecule has 0 N–H and O–H groups in total. The topological polar surface area (TPSA) is 46.8 Å². The van der Waals surface area contributed by atoms with Gasteiger partial charge >= 0.3 is 0 Å². The lowest BCUT2D eigenvalue weighted by Crippen LogP contribution is -2.33. The van der Waals surface area contributed by atoms with E-state index >= 15 is 0 Å². The number of anilines is 1. The fraction of sp³-hybridized carbons (Fsp3) is 0.889. The van der Waals surface area contributed by atoms with E-state index in [2.05, 4.69) is 20.4 Å². The minimum atomic E-state index is 0.205. The van der Waals surface area contributed by atoms with Gasteiger partial charge in [0.15, 0.2) is 0 Å². The van der Waals surface area contributed by atoms with Crippen molar-refractivity contribution in [2.45, 2.75) is 37.6 Å². The summed E-state index contributed by atoms with van der Waals surface area (Å²) >= 11 is 6.04. The zero-order valence-corrected chi connectivity index (χ0v) is 9.85. The first-order valence-corrected chi connectivity index (χ1v) is 5.75. The van der Waals surface area contributed by atoms with Crippen LogP contribution in [0.1, 0.15) is 26.2 Å². The Balaban J connectivity index is 2.11. The van der Waals surface area contributed by atoms with Crippen LogP contribution in [0, 0.1) is 0 Å². The van der Waals surface area contributed by atoms with Crippen molar-refractivity contribution in [3.63, 3.8) is 0 Å². The molecule has 84 valence electrons. The van der Waals surface area contributed by atoms with Crippen molar-refractivity contribution in [1.29, 1.82) is 0 Å². The molecule has 6 heteroatoms. The first kappa shape index (κ1) is 10.7. The number of tetrazole rings is 1. The number of halogens is 1. The molecule has 2 rings (SSSR count). The molecule has 0 spiro atoms. The maximum absolute atomic E-state index is 6.04. The Morgan fingerprint density at radius 3 is 3.00 bits per heavy atom. The summed E-state index contributed by atoms with van der Waals surface area (Å²) in [7, 11) is 1.87. The van der Waals surface area contributed by atoms with E-state index in [4.69, 9.17) is 11.6 Å². The molecule has 15 heavy (non-hydrogen) atoms. The molecule has 1 aromatic rings. The predicted octanol–water partition coefficient (Wildman–Crippen LogP) is 1.20. The summed E-state index contributed by atoms with van der Waals surface area (Å²) in [6.45, 7) is 3.06. The van der Waals surface area contributed by atoms with E-state index in [1.807, 2.05) is 14.0 Å².